The topological polar surface area (TPSA) is 38.0 Å². The third-order valence-corrected chi connectivity index (χ3v) is 3.22. The number of nitrogens with one attached hydrogen (secondary N) is 1. The summed E-state index contributed by atoms with van der Waals surface area (Å²) in [6.07, 6.45) is 0. The molecule has 3 heteroatoms. The van der Waals surface area contributed by atoms with Gasteiger partial charge in [0.2, 0.25) is 0 Å². The van der Waals surface area contributed by atoms with E-state index in [1.807, 2.05) is 18.2 Å². The third-order valence-electron chi connectivity index (χ3n) is 2.32. The van der Waals surface area contributed by atoms with Crippen LogP contribution in [0.5, 0.6) is 0 Å². The van der Waals surface area contributed by atoms with Crippen molar-refractivity contribution in [3.05, 3.63) is 51.6 Å². The first-order valence-corrected chi connectivity index (χ1v) is 6.12. The molecule has 0 saturated carbocycles. The molecule has 2 rings (SSSR count). The van der Waals surface area contributed by atoms with Gasteiger partial charge in [-0.1, -0.05) is 17.7 Å². The first-order valence-electron chi connectivity index (χ1n) is 5.04. The zero-order valence-electron chi connectivity index (χ0n) is 9.00. The summed E-state index contributed by atoms with van der Waals surface area (Å²) in [4.78, 5) is 0. The maximum atomic E-state index is 5.71. The lowest BCUT2D eigenvalue weighted by Crippen LogP contribution is -1.94. The Hall–Kier alpha value is -1.23. The number of rotatable bonds is 2. The van der Waals surface area contributed by atoms with E-state index in [2.05, 4.69) is 59.1 Å². The normalized spacial score (nSPS) is 10.1. The van der Waals surface area contributed by atoms with Crippen LogP contribution < -0.4 is 11.1 Å². The minimum absolute atomic E-state index is 0.791. The van der Waals surface area contributed by atoms with Crippen molar-refractivity contribution in [3.63, 3.8) is 0 Å². The molecule has 0 bridgehead atoms. The van der Waals surface area contributed by atoms with E-state index in [0.29, 0.717) is 0 Å². The molecule has 0 unspecified atom stereocenters. The van der Waals surface area contributed by atoms with Gasteiger partial charge in [-0.25, -0.2) is 0 Å². The van der Waals surface area contributed by atoms with Crippen LogP contribution in [0.25, 0.3) is 0 Å². The maximum Gasteiger partial charge on any atom is 0.0521 e. The lowest BCUT2D eigenvalue weighted by atomic mass is 10.2. The summed E-state index contributed by atoms with van der Waals surface area (Å²) < 4.78 is 1.12. The Balaban J connectivity index is 2.23. The van der Waals surface area contributed by atoms with Gasteiger partial charge in [-0.2, -0.15) is 0 Å². The minimum atomic E-state index is 0.791. The Kier molecular flexibility index (Phi) is 3.33. The highest BCUT2D eigenvalue weighted by Gasteiger charge is 2.00. The van der Waals surface area contributed by atoms with Crippen molar-refractivity contribution in [2.45, 2.75) is 6.92 Å². The van der Waals surface area contributed by atoms with Crippen molar-refractivity contribution < 1.29 is 0 Å². The first-order chi connectivity index (χ1) is 7.65. The predicted octanol–water partition coefficient (Wildman–Crippen LogP) is 3.93. The van der Waals surface area contributed by atoms with Crippen LogP contribution in [-0.2, 0) is 0 Å². The number of benzene rings is 2. The zero-order chi connectivity index (χ0) is 11.5. The molecule has 2 aromatic rings. The lowest BCUT2D eigenvalue weighted by Gasteiger charge is -2.09. The fourth-order valence-electron chi connectivity index (χ4n) is 1.43. The fraction of sp³-hybridized carbons (Fsp3) is 0.0769. The summed E-state index contributed by atoms with van der Waals surface area (Å²) >= 11 is 2.28. The Morgan fingerprint density at radius 2 is 1.75 bits per heavy atom. The summed E-state index contributed by atoms with van der Waals surface area (Å²) in [6.45, 7) is 2.08. The van der Waals surface area contributed by atoms with Crippen LogP contribution in [0.15, 0.2) is 42.5 Å². The molecule has 82 valence electrons. The van der Waals surface area contributed by atoms with E-state index in [-0.39, 0.29) is 0 Å². The van der Waals surface area contributed by atoms with Crippen molar-refractivity contribution in [1.29, 1.82) is 0 Å². The van der Waals surface area contributed by atoms with Gasteiger partial charge in [-0.3, -0.25) is 0 Å². The monoisotopic (exact) mass is 324 g/mol. The molecule has 0 radical (unpaired) electrons. The molecular formula is C13H13IN2. The van der Waals surface area contributed by atoms with Gasteiger partial charge in [-0.15, -0.1) is 0 Å². The highest BCUT2D eigenvalue weighted by Crippen LogP contribution is 2.24. The quantitative estimate of drug-likeness (QED) is 0.649. The lowest BCUT2D eigenvalue weighted by molar-refractivity contribution is 1.45. The molecule has 0 atom stereocenters. The summed E-state index contributed by atoms with van der Waals surface area (Å²) in [5.41, 5.74) is 9.93. The van der Waals surface area contributed by atoms with Gasteiger partial charge in [-0.05, 0) is 59.8 Å². The number of aryl methyl sites for hydroxylation is 1. The van der Waals surface area contributed by atoms with Crippen LogP contribution in [0.4, 0.5) is 17.1 Å². The minimum Gasteiger partial charge on any atom is -0.399 e. The second kappa shape index (κ2) is 4.74. The van der Waals surface area contributed by atoms with Crippen LogP contribution in [-0.4, -0.2) is 0 Å². The van der Waals surface area contributed by atoms with E-state index in [4.69, 9.17) is 5.73 Å². The van der Waals surface area contributed by atoms with Gasteiger partial charge in [0, 0.05) is 14.9 Å². The summed E-state index contributed by atoms with van der Waals surface area (Å²) in [7, 11) is 0. The Bertz CT molecular complexity index is 492. The smallest absolute Gasteiger partial charge is 0.0521 e. The summed E-state index contributed by atoms with van der Waals surface area (Å²) in [5, 5.41) is 3.36. The molecule has 0 aliphatic carbocycles. The van der Waals surface area contributed by atoms with Crippen molar-refractivity contribution >= 4 is 39.7 Å². The van der Waals surface area contributed by atoms with E-state index in [1.165, 1.54) is 5.56 Å². The fourth-order valence-corrected chi connectivity index (χ4v) is 2.10. The zero-order valence-corrected chi connectivity index (χ0v) is 11.2. The summed E-state index contributed by atoms with van der Waals surface area (Å²) in [5.74, 6) is 0. The second-order valence-electron chi connectivity index (χ2n) is 3.73. The molecule has 0 aromatic heterocycles. The number of anilines is 3. The van der Waals surface area contributed by atoms with E-state index in [1.54, 1.807) is 0 Å². The van der Waals surface area contributed by atoms with Crippen molar-refractivity contribution in [2.24, 2.45) is 0 Å². The van der Waals surface area contributed by atoms with E-state index in [9.17, 15) is 0 Å². The second-order valence-corrected chi connectivity index (χ2v) is 4.89. The molecule has 16 heavy (non-hydrogen) atoms. The Labute approximate surface area is 109 Å². The summed E-state index contributed by atoms with van der Waals surface area (Å²) in [6, 6.07) is 14.2. The van der Waals surface area contributed by atoms with Gasteiger partial charge in [0.25, 0.3) is 0 Å². The van der Waals surface area contributed by atoms with E-state index >= 15 is 0 Å². The van der Waals surface area contributed by atoms with E-state index < -0.39 is 0 Å². The van der Waals surface area contributed by atoms with Crippen LogP contribution >= 0.6 is 22.6 Å². The van der Waals surface area contributed by atoms with Gasteiger partial charge in [0.15, 0.2) is 0 Å². The molecule has 3 N–H and O–H groups in total. The third kappa shape index (κ3) is 2.66. The number of hydrogen-bond acceptors (Lipinski definition) is 2. The number of hydrogen-bond donors (Lipinski definition) is 2. The van der Waals surface area contributed by atoms with E-state index in [0.717, 1.165) is 20.6 Å². The predicted molar refractivity (Wildman–Crippen MR) is 78.0 cm³/mol. The molecule has 0 fully saturated rings. The van der Waals surface area contributed by atoms with Crippen molar-refractivity contribution in [2.75, 3.05) is 11.1 Å². The number of halogens is 1. The van der Waals surface area contributed by atoms with Crippen LogP contribution in [0.1, 0.15) is 5.56 Å². The molecule has 2 nitrogen and oxygen atoms in total. The molecule has 0 aliphatic rings. The number of nitrogens with two attached hydrogens (primary N) is 1. The first kappa shape index (κ1) is 11.3. The molecule has 0 spiro atoms. The average Bonchev–Trinajstić information content (AvgIpc) is 2.25. The van der Waals surface area contributed by atoms with Crippen LogP contribution in [0.3, 0.4) is 0 Å². The van der Waals surface area contributed by atoms with Crippen LogP contribution in [0.2, 0.25) is 0 Å². The molecule has 0 saturated heterocycles. The van der Waals surface area contributed by atoms with Crippen molar-refractivity contribution in [1.82, 2.24) is 0 Å². The molecule has 0 heterocycles. The average molecular weight is 324 g/mol. The largest absolute Gasteiger partial charge is 0.399 e. The Morgan fingerprint density at radius 1 is 1.06 bits per heavy atom. The van der Waals surface area contributed by atoms with Gasteiger partial charge in [0.1, 0.15) is 0 Å². The van der Waals surface area contributed by atoms with Gasteiger partial charge in [0.05, 0.1) is 5.69 Å². The molecule has 2 aromatic carbocycles. The van der Waals surface area contributed by atoms with Crippen molar-refractivity contribution in [3.8, 4) is 0 Å². The molecule has 0 amide bonds. The van der Waals surface area contributed by atoms with Gasteiger partial charge >= 0.3 is 0 Å². The highest BCUT2D eigenvalue weighted by atomic mass is 127. The molecular weight excluding hydrogens is 311 g/mol. The van der Waals surface area contributed by atoms with Crippen LogP contribution in [0, 0.1) is 10.5 Å². The number of nitrogen functional groups attached to an aromatic ring is 1. The molecule has 0 aliphatic heterocycles. The maximum absolute atomic E-state index is 5.71. The van der Waals surface area contributed by atoms with Gasteiger partial charge < -0.3 is 11.1 Å². The Morgan fingerprint density at radius 3 is 2.38 bits per heavy atom. The standard InChI is InChI=1S/C13H13IN2/c1-9-2-5-11(6-3-9)16-13-7-4-10(15)8-12(13)14/h2-8,16H,15H2,1H3. The SMILES string of the molecule is Cc1ccc(Nc2ccc(N)cc2I)cc1. The highest BCUT2D eigenvalue weighted by molar-refractivity contribution is 14.1.